The Hall–Kier alpha value is -1.36. The van der Waals surface area contributed by atoms with Gasteiger partial charge in [0.25, 0.3) is 0 Å². The fourth-order valence-corrected chi connectivity index (χ4v) is 3.54. The number of nitrogens with zero attached hydrogens (tertiary/aromatic N) is 1. The summed E-state index contributed by atoms with van der Waals surface area (Å²) in [6.45, 7) is -0.968. The quantitative estimate of drug-likeness (QED) is 0.821. The van der Waals surface area contributed by atoms with E-state index < -0.39 is 22.5 Å². The lowest BCUT2D eigenvalue weighted by atomic mass is 10.4. The minimum Gasteiger partial charge on any atom is -0.480 e. The van der Waals surface area contributed by atoms with E-state index in [0.29, 0.717) is 4.47 Å². The van der Waals surface area contributed by atoms with Crippen molar-refractivity contribution in [3.8, 4) is 12.3 Å². The summed E-state index contributed by atoms with van der Waals surface area (Å²) in [5.74, 6) is 0.874. The van der Waals surface area contributed by atoms with Crippen LogP contribution in [0.4, 0.5) is 0 Å². The van der Waals surface area contributed by atoms with Gasteiger partial charge in [0.15, 0.2) is 0 Å². The van der Waals surface area contributed by atoms with E-state index in [9.17, 15) is 13.2 Å². The molecule has 0 heterocycles. The predicted octanol–water partition coefficient (Wildman–Crippen LogP) is 1.16. The van der Waals surface area contributed by atoms with E-state index >= 15 is 0 Å². The Bertz CT molecular complexity index is 591. The lowest BCUT2D eigenvalue weighted by Gasteiger charge is -2.18. The average Bonchev–Trinajstić information content (AvgIpc) is 2.28. The molecule has 0 bridgehead atoms. The lowest BCUT2D eigenvalue weighted by Crippen LogP contribution is -2.36. The van der Waals surface area contributed by atoms with Crippen LogP contribution in [0.25, 0.3) is 0 Å². The van der Waals surface area contributed by atoms with Gasteiger partial charge in [0.2, 0.25) is 10.0 Å². The van der Waals surface area contributed by atoms with Crippen LogP contribution in [0.5, 0.6) is 0 Å². The summed E-state index contributed by atoms with van der Waals surface area (Å²) < 4.78 is 25.5. The van der Waals surface area contributed by atoms with E-state index in [1.54, 1.807) is 18.2 Å². The molecule has 0 saturated carbocycles. The number of carbonyl (C=O) groups is 1. The number of sulfonamides is 1. The molecule has 0 unspecified atom stereocenters. The molecule has 1 rings (SSSR count). The number of terminal acetylenes is 1. The molecule has 0 aliphatic carbocycles. The molecule has 0 saturated heterocycles. The summed E-state index contributed by atoms with van der Waals surface area (Å²) in [6, 6.07) is 6.14. The molecule has 0 fully saturated rings. The van der Waals surface area contributed by atoms with Gasteiger partial charge in [-0.05, 0) is 28.1 Å². The summed E-state index contributed by atoms with van der Waals surface area (Å²) in [4.78, 5) is 10.6. The molecule has 0 radical (unpaired) electrons. The van der Waals surface area contributed by atoms with Gasteiger partial charge in [-0.15, -0.1) is 6.42 Å². The highest BCUT2D eigenvalue weighted by Crippen LogP contribution is 2.24. The van der Waals surface area contributed by atoms with Crippen molar-refractivity contribution in [1.29, 1.82) is 0 Å². The average molecular weight is 332 g/mol. The van der Waals surface area contributed by atoms with Crippen LogP contribution in [0.1, 0.15) is 0 Å². The van der Waals surface area contributed by atoms with Gasteiger partial charge in [-0.2, -0.15) is 4.31 Å². The molecule has 0 aromatic heterocycles. The number of hydrogen-bond acceptors (Lipinski definition) is 3. The van der Waals surface area contributed by atoms with Crippen molar-refractivity contribution in [2.24, 2.45) is 0 Å². The van der Waals surface area contributed by atoms with Crippen molar-refractivity contribution in [2.45, 2.75) is 4.90 Å². The van der Waals surface area contributed by atoms with Crippen molar-refractivity contribution in [3.63, 3.8) is 0 Å². The second-order valence-corrected chi connectivity index (χ2v) is 6.06. The fraction of sp³-hybridized carbons (Fsp3) is 0.182. The maximum atomic E-state index is 12.2. The Morgan fingerprint density at radius 1 is 1.44 bits per heavy atom. The molecule has 0 amide bonds. The second kappa shape index (κ2) is 6.00. The van der Waals surface area contributed by atoms with Crippen LogP contribution in [0.15, 0.2) is 33.6 Å². The van der Waals surface area contributed by atoms with Crippen LogP contribution < -0.4 is 0 Å². The van der Waals surface area contributed by atoms with Crippen LogP contribution in [-0.2, 0) is 14.8 Å². The molecule has 0 atom stereocenters. The molecular formula is C11H10BrNO4S. The van der Waals surface area contributed by atoms with Crippen LogP contribution in [0.3, 0.4) is 0 Å². The molecule has 1 aromatic carbocycles. The van der Waals surface area contributed by atoms with E-state index in [1.165, 1.54) is 6.07 Å². The number of carboxylic acid groups (broad SMARTS) is 1. The smallest absolute Gasteiger partial charge is 0.318 e. The molecule has 5 nitrogen and oxygen atoms in total. The summed E-state index contributed by atoms with van der Waals surface area (Å²) in [7, 11) is -3.93. The third kappa shape index (κ3) is 3.32. The zero-order chi connectivity index (χ0) is 13.8. The number of aliphatic carboxylic acids is 1. The van der Waals surface area contributed by atoms with Gasteiger partial charge in [0, 0.05) is 4.47 Å². The number of carboxylic acids is 1. The van der Waals surface area contributed by atoms with Crippen molar-refractivity contribution < 1.29 is 18.3 Å². The van der Waals surface area contributed by atoms with Crippen molar-refractivity contribution in [1.82, 2.24) is 4.31 Å². The molecule has 7 heteroatoms. The first-order chi connectivity index (χ1) is 8.39. The lowest BCUT2D eigenvalue weighted by molar-refractivity contribution is -0.137. The molecule has 0 aliphatic rings. The number of benzene rings is 1. The summed E-state index contributed by atoms with van der Waals surface area (Å²) in [6.07, 6.45) is 5.06. The van der Waals surface area contributed by atoms with Crippen molar-refractivity contribution >= 4 is 31.9 Å². The van der Waals surface area contributed by atoms with Gasteiger partial charge in [0.05, 0.1) is 11.4 Å². The molecular weight excluding hydrogens is 322 g/mol. The highest BCUT2D eigenvalue weighted by molar-refractivity contribution is 9.10. The van der Waals surface area contributed by atoms with E-state index in [-0.39, 0.29) is 11.4 Å². The normalized spacial score (nSPS) is 11.2. The van der Waals surface area contributed by atoms with E-state index in [0.717, 1.165) is 4.31 Å². The van der Waals surface area contributed by atoms with E-state index in [1.807, 2.05) is 0 Å². The number of halogens is 1. The van der Waals surface area contributed by atoms with Gasteiger partial charge in [-0.1, -0.05) is 18.1 Å². The topological polar surface area (TPSA) is 74.7 Å². The largest absolute Gasteiger partial charge is 0.480 e. The van der Waals surface area contributed by atoms with Gasteiger partial charge in [-0.3, -0.25) is 4.79 Å². The maximum Gasteiger partial charge on any atom is 0.318 e. The van der Waals surface area contributed by atoms with Gasteiger partial charge < -0.3 is 5.11 Å². The summed E-state index contributed by atoms with van der Waals surface area (Å²) in [5.41, 5.74) is 0. The fourth-order valence-electron chi connectivity index (χ4n) is 1.27. The number of hydrogen-bond donors (Lipinski definition) is 1. The Morgan fingerprint density at radius 2 is 2.06 bits per heavy atom. The third-order valence-electron chi connectivity index (χ3n) is 2.03. The Morgan fingerprint density at radius 3 is 2.56 bits per heavy atom. The third-order valence-corrected chi connectivity index (χ3v) is 4.84. The van der Waals surface area contributed by atoms with Crippen LogP contribution in [0, 0.1) is 12.3 Å². The van der Waals surface area contributed by atoms with E-state index in [4.69, 9.17) is 11.5 Å². The standard InChI is InChI=1S/C11H10BrNO4S/c1-2-7-13(8-11(14)15)18(16,17)10-6-4-3-5-9(10)12/h1,3-6H,7-8H2,(H,14,15). The van der Waals surface area contributed by atoms with Gasteiger partial charge in [-0.25, -0.2) is 8.42 Å². The van der Waals surface area contributed by atoms with Crippen LogP contribution in [0.2, 0.25) is 0 Å². The molecule has 1 N–H and O–H groups in total. The Labute approximate surface area is 114 Å². The highest BCUT2D eigenvalue weighted by Gasteiger charge is 2.27. The minimum absolute atomic E-state index is 0.0125. The highest BCUT2D eigenvalue weighted by atomic mass is 79.9. The zero-order valence-electron chi connectivity index (χ0n) is 9.21. The Kier molecular flexibility index (Phi) is 4.90. The summed E-state index contributed by atoms with van der Waals surface area (Å²) >= 11 is 3.11. The first-order valence-electron chi connectivity index (χ1n) is 4.79. The second-order valence-electron chi connectivity index (χ2n) is 3.30. The van der Waals surface area contributed by atoms with Crippen LogP contribution >= 0.6 is 15.9 Å². The first kappa shape index (κ1) is 14.7. The summed E-state index contributed by atoms with van der Waals surface area (Å²) in [5, 5.41) is 8.70. The molecule has 96 valence electrons. The van der Waals surface area contributed by atoms with Gasteiger partial charge in [0.1, 0.15) is 6.54 Å². The van der Waals surface area contributed by atoms with Gasteiger partial charge >= 0.3 is 5.97 Å². The van der Waals surface area contributed by atoms with Crippen molar-refractivity contribution in [2.75, 3.05) is 13.1 Å². The van der Waals surface area contributed by atoms with Crippen molar-refractivity contribution in [3.05, 3.63) is 28.7 Å². The maximum absolute atomic E-state index is 12.2. The molecule has 0 aliphatic heterocycles. The Balaban J connectivity index is 3.22. The minimum atomic E-state index is -3.93. The molecule has 18 heavy (non-hydrogen) atoms. The van der Waals surface area contributed by atoms with E-state index in [2.05, 4.69) is 21.9 Å². The first-order valence-corrected chi connectivity index (χ1v) is 7.03. The monoisotopic (exact) mass is 331 g/mol. The SMILES string of the molecule is C#CCN(CC(=O)O)S(=O)(=O)c1ccccc1Br. The molecule has 1 aromatic rings. The number of rotatable bonds is 5. The predicted molar refractivity (Wildman–Crippen MR) is 69.4 cm³/mol. The van der Waals surface area contributed by atoms with Crippen LogP contribution in [-0.4, -0.2) is 36.9 Å². The zero-order valence-corrected chi connectivity index (χ0v) is 11.6. The molecule has 0 spiro atoms.